The Bertz CT molecular complexity index is 1180. The standard InChI is InChI=1S/C22H22N6O3/c1-3-5-19-26-22(31-27-19)16-8-9-23-20(11-16)28-13-18(25-14-28)21(29)24-12-15-6-4-7-17(10-15)30-2/h4,6-11,13-14H,3,5,12H2,1-2H3,(H,24,29). The minimum atomic E-state index is -0.279. The second-order valence-corrected chi connectivity index (χ2v) is 6.87. The maximum atomic E-state index is 12.5. The Morgan fingerprint density at radius 3 is 2.97 bits per heavy atom. The number of imidazole rings is 1. The summed E-state index contributed by atoms with van der Waals surface area (Å²) < 4.78 is 12.2. The molecule has 0 aliphatic rings. The molecule has 9 nitrogen and oxygen atoms in total. The molecule has 9 heteroatoms. The number of hydrogen-bond donors (Lipinski definition) is 1. The maximum Gasteiger partial charge on any atom is 0.271 e. The molecule has 1 aromatic carbocycles. The Morgan fingerprint density at radius 2 is 2.13 bits per heavy atom. The molecule has 4 rings (SSSR count). The molecule has 0 aliphatic carbocycles. The summed E-state index contributed by atoms with van der Waals surface area (Å²) in [7, 11) is 1.61. The lowest BCUT2D eigenvalue weighted by molar-refractivity contribution is 0.0946. The van der Waals surface area contributed by atoms with Crippen LogP contribution in [-0.2, 0) is 13.0 Å². The third-order valence-electron chi connectivity index (χ3n) is 4.60. The molecule has 1 N–H and O–H groups in total. The maximum absolute atomic E-state index is 12.5. The number of rotatable bonds is 8. The van der Waals surface area contributed by atoms with Crippen LogP contribution in [0.1, 0.15) is 35.2 Å². The molecule has 0 unspecified atom stereocenters. The molecular formula is C22H22N6O3. The molecule has 0 saturated carbocycles. The van der Waals surface area contributed by atoms with E-state index in [1.807, 2.05) is 30.3 Å². The van der Waals surface area contributed by atoms with Crippen molar-refractivity contribution in [2.45, 2.75) is 26.3 Å². The minimum absolute atomic E-state index is 0.279. The molecular weight excluding hydrogens is 396 g/mol. The topological polar surface area (TPSA) is 108 Å². The summed E-state index contributed by atoms with van der Waals surface area (Å²) in [5.74, 6) is 2.16. The van der Waals surface area contributed by atoms with Gasteiger partial charge in [0.25, 0.3) is 11.8 Å². The molecule has 0 radical (unpaired) electrons. The summed E-state index contributed by atoms with van der Waals surface area (Å²) >= 11 is 0. The summed E-state index contributed by atoms with van der Waals surface area (Å²) in [5, 5.41) is 6.84. The molecule has 0 atom stereocenters. The number of amides is 1. The first-order valence-electron chi connectivity index (χ1n) is 9.90. The summed E-state index contributed by atoms with van der Waals surface area (Å²) in [5.41, 5.74) is 1.97. The summed E-state index contributed by atoms with van der Waals surface area (Å²) in [4.78, 5) is 25.5. The zero-order valence-electron chi connectivity index (χ0n) is 17.3. The highest BCUT2D eigenvalue weighted by Gasteiger charge is 2.13. The smallest absolute Gasteiger partial charge is 0.271 e. The monoisotopic (exact) mass is 418 g/mol. The number of ether oxygens (including phenoxy) is 1. The number of hydrogen-bond acceptors (Lipinski definition) is 7. The predicted octanol–water partition coefficient (Wildman–Crippen LogP) is 3.21. The second kappa shape index (κ2) is 9.21. The van der Waals surface area contributed by atoms with Gasteiger partial charge in [-0.2, -0.15) is 4.98 Å². The van der Waals surface area contributed by atoms with Crippen LogP contribution in [0.5, 0.6) is 5.75 Å². The molecule has 0 saturated heterocycles. The van der Waals surface area contributed by atoms with Crippen molar-refractivity contribution in [3.8, 4) is 23.0 Å². The normalized spacial score (nSPS) is 10.8. The van der Waals surface area contributed by atoms with Gasteiger partial charge in [-0.1, -0.05) is 24.2 Å². The minimum Gasteiger partial charge on any atom is -0.497 e. The Balaban J connectivity index is 1.46. The Kier molecular flexibility index (Phi) is 6.02. The van der Waals surface area contributed by atoms with Crippen LogP contribution in [-0.4, -0.2) is 37.7 Å². The van der Waals surface area contributed by atoms with Gasteiger partial charge in [0, 0.05) is 30.9 Å². The SMILES string of the molecule is CCCc1noc(-c2ccnc(-n3cnc(C(=O)NCc4cccc(OC)c4)c3)c2)n1. The van der Waals surface area contributed by atoms with Crippen LogP contribution in [0.4, 0.5) is 0 Å². The van der Waals surface area contributed by atoms with Crippen molar-refractivity contribution >= 4 is 5.91 Å². The van der Waals surface area contributed by atoms with Crippen molar-refractivity contribution in [3.05, 3.63) is 72.2 Å². The van der Waals surface area contributed by atoms with Crippen molar-refractivity contribution < 1.29 is 14.1 Å². The molecule has 1 amide bonds. The van der Waals surface area contributed by atoms with E-state index in [4.69, 9.17) is 9.26 Å². The van der Waals surface area contributed by atoms with E-state index < -0.39 is 0 Å². The molecule has 0 bridgehead atoms. The summed E-state index contributed by atoms with van der Waals surface area (Å²) in [6, 6.07) is 11.1. The average Bonchev–Trinajstić information content (AvgIpc) is 3.48. The zero-order chi connectivity index (χ0) is 21.6. The van der Waals surface area contributed by atoms with E-state index in [9.17, 15) is 4.79 Å². The fourth-order valence-electron chi connectivity index (χ4n) is 3.01. The van der Waals surface area contributed by atoms with E-state index in [0.29, 0.717) is 24.1 Å². The number of methoxy groups -OCH3 is 1. The number of benzene rings is 1. The van der Waals surface area contributed by atoms with Crippen molar-refractivity contribution in [1.29, 1.82) is 0 Å². The van der Waals surface area contributed by atoms with Crippen LogP contribution in [0.15, 0.2) is 59.6 Å². The highest BCUT2D eigenvalue weighted by atomic mass is 16.5. The third kappa shape index (κ3) is 4.77. The van der Waals surface area contributed by atoms with Crippen molar-refractivity contribution in [3.63, 3.8) is 0 Å². The number of aromatic nitrogens is 5. The van der Waals surface area contributed by atoms with Crippen LogP contribution in [0, 0.1) is 0 Å². The number of carbonyl (C=O) groups excluding carboxylic acids is 1. The van der Waals surface area contributed by atoms with E-state index in [1.54, 1.807) is 36.5 Å². The van der Waals surface area contributed by atoms with E-state index in [1.165, 1.54) is 0 Å². The highest BCUT2D eigenvalue weighted by Crippen LogP contribution is 2.19. The number of carbonyl (C=O) groups is 1. The van der Waals surface area contributed by atoms with Crippen LogP contribution in [0.3, 0.4) is 0 Å². The second-order valence-electron chi connectivity index (χ2n) is 6.87. The van der Waals surface area contributed by atoms with E-state index in [0.717, 1.165) is 29.7 Å². The van der Waals surface area contributed by atoms with Gasteiger partial charge in [-0.25, -0.2) is 9.97 Å². The van der Waals surface area contributed by atoms with Crippen LogP contribution in [0.25, 0.3) is 17.3 Å². The number of pyridine rings is 1. The Hall–Kier alpha value is -4.01. The van der Waals surface area contributed by atoms with Gasteiger partial charge in [-0.3, -0.25) is 9.36 Å². The lowest BCUT2D eigenvalue weighted by Crippen LogP contribution is -2.23. The predicted molar refractivity (Wildman–Crippen MR) is 113 cm³/mol. The van der Waals surface area contributed by atoms with Crippen LogP contribution in [0.2, 0.25) is 0 Å². The first-order chi connectivity index (χ1) is 15.2. The first kappa shape index (κ1) is 20.3. The molecule has 158 valence electrons. The molecule has 0 spiro atoms. The van der Waals surface area contributed by atoms with Gasteiger partial charge in [0.2, 0.25) is 0 Å². The number of aryl methyl sites for hydroxylation is 1. The molecule has 0 aliphatic heterocycles. The van der Waals surface area contributed by atoms with Gasteiger partial charge in [0.05, 0.1) is 7.11 Å². The number of nitrogens with one attached hydrogen (secondary N) is 1. The molecule has 0 fully saturated rings. The van der Waals surface area contributed by atoms with Gasteiger partial charge in [-0.15, -0.1) is 0 Å². The third-order valence-corrected chi connectivity index (χ3v) is 4.60. The van der Waals surface area contributed by atoms with Crippen molar-refractivity contribution in [2.24, 2.45) is 0 Å². The first-order valence-corrected chi connectivity index (χ1v) is 9.90. The fourth-order valence-corrected chi connectivity index (χ4v) is 3.01. The van der Waals surface area contributed by atoms with Crippen LogP contribution >= 0.6 is 0 Å². The molecule has 31 heavy (non-hydrogen) atoms. The van der Waals surface area contributed by atoms with Gasteiger partial charge in [0.1, 0.15) is 23.6 Å². The highest BCUT2D eigenvalue weighted by molar-refractivity contribution is 5.92. The van der Waals surface area contributed by atoms with Gasteiger partial charge >= 0.3 is 0 Å². The molecule has 3 heterocycles. The van der Waals surface area contributed by atoms with Crippen molar-refractivity contribution in [1.82, 2.24) is 30.0 Å². The quantitative estimate of drug-likeness (QED) is 0.468. The fraction of sp³-hybridized carbons (Fsp3) is 0.227. The lowest BCUT2D eigenvalue weighted by atomic mass is 10.2. The van der Waals surface area contributed by atoms with Gasteiger partial charge in [-0.05, 0) is 36.2 Å². The Morgan fingerprint density at radius 1 is 1.23 bits per heavy atom. The van der Waals surface area contributed by atoms with Crippen molar-refractivity contribution in [2.75, 3.05) is 7.11 Å². The van der Waals surface area contributed by atoms with E-state index >= 15 is 0 Å². The summed E-state index contributed by atoms with van der Waals surface area (Å²) in [6.07, 6.45) is 6.53. The molecule has 4 aromatic rings. The van der Waals surface area contributed by atoms with E-state index in [2.05, 4.69) is 32.3 Å². The lowest BCUT2D eigenvalue weighted by Gasteiger charge is -2.05. The number of nitrogens with zero attached hydrogens (tertiary/aromatic N) is 5. The largest absolute Gasteiger partial charge is 0.497 e. The molecule has 3 aromatic heterocycles. The summed E-state index contributed by atoms with van der Waals surface area (Å²) in [6.45, 7) is 2.43. The van der Waals surface area contributed by atoms with Gasteiger partial charge < -0.3 is 14.6 Å². The zero-order valence-corrected chi connectivity index (χ0v) is 17.3. The average molecular weight is 418 g/mol. The Labute approximate surface area is 179 Å². The van der Waals surface area contributed by atoms with Crippen LogP contribution < -0.4 is 10.1 Å². The van der Waals surface area contributed by atoms with Gasteiger partial charge in [0.15, 0.2) is 5.82 Å². The van der Waals surface area contributed by atoms with E-state index in [-0.39, 0.29) is 11.6 Å².